The minimum Gasteiger partial charge on any atom is -0.473 e. The summed E-state index contributed by atoms with van der Waals surface area (Å²) in [6, 6.07) is 40.1. The molecule has 0 spiro atoms. The first-order valence-electron chi connectivity index (χ1n) is 18.5. The average molecular weight is 738 g/mol. The second-order valence-corrected chi connectivity index (χ2v) is 13.5. The first-order chi connectivity index (χ1) is 26.1. The van der Waals surface area contributed by atoms with Crippen LogP contribution < -0.4 is 0 Å². The largest absolute Gasteiger partial charge is 0.473 e. The molecule has 54 heavy (non-hydrogen) atoms. The van der Waals surface area contributed by atoms with E-state index in [-0.39, 0.29) is 0 Å². The summed E-state index contributed by atoms with van der Waals surface area (Å²) in [6.07, 6.45) is 6.36. The normalized spacial score (nSPS) is 14.2. The first kappa shape index (κ1) is 41.4. The second kappa shape index (κ2) is 22.0. The number of piperazine rings is 1. The molecule has 0 aromatic heterocycles. The molecule has 0 bridgehead atoms. The summed E-state index contributed by atoms with van der Waals surface area (Å²) >= 11 is 0. The zero-order valence-corrected chi connectivity index (χ0v) is 30.6. The number of aliphatic carboxylic acids is 4. The van der Waals surface area contributed by atoms with Gasteiger partial charge in [0.15, 0.2) is 0 Å². The lowest BCUT2D eigenvalue weighted by Gasteiger charge is -2.35. The van der Waals surface area contributed by atoms with E-state index in [0.717, 1.165) is 13.1 Å². The Morgan fingerprint density at radius 2 is 0.778 bits per heavy atom. The summed E-state index contributed by atoms with van der Waals surface area (Å²) in [6.45, 7) is 10.7. The van der Waals surface area contributed by atoms with Crippen molar-refractivity contribution in [2.45, 2.75) is 51.1 Å². The highest BCUT2D eigenvalue weighted by Gasteiger charge is 2.20. The molecule has 0 unspecified atom stereocenters. The van der Waals surface area contributed by atoms with Crippen LogP contribution in [0, 0.1) is 0 Å². The number of benzene rings is 4. The zero-order chi connectivity index (χ0) is 38.7. The van der Waals surface area contributed by atoms with Crippen molar-refractivity contribution in [3.63, 3.8) is 0 Å². The molecule has 4 aromatic rings. The predicted octanol–water partition coefficient (Wildman–Crippen LogP) is 6.38. The Morgan fingerprint density at radius 3 is 1.17 bits per heavy atom. The zero-order valence-electron chi connectivity index (χ0n) is 30.6. The maximum Gasteiger partial charge on any atom is 0.414 e. The van der Waals surface area contributed by atoms with Crippen molar-refractivity contribution in [1.29, 1.82) is 0 Å². The lowest BCUT2D eigenvalue weighted by molar-refractivity contribution is -0.159. The van der Waals surface area contributed by atoms with Crippen molar-refractivity contribution in [2.75, 3.05) is 45.8 Å². The molecular weight excluding hydrogens is 686 g/mol. The van der Waals surface area contributed by atoms with E-state index < -0.39 is 23.9 Å². The van der Waals surface area contributed by atoms with Crippen LogP contribution in [0.15, 0.2) is 109 Å². The Hall–Kier alpha value is -5.36. The number of nitrogens with zero attached hydrogens (tertiary/aromatic N) is 3. The number of hydrogen-bond acceptors (Lipinski definition) is 7. The molecule has 1 fully saturated rings. The molecular formula is C43H51N3O8. The quantitative estimate of drug-likeness (QED) is 0.0944. The van der Waals surface area contributed by atoms with Crippen molar-refractivity contribution in [3.8, 4) is 11.1 Å². The summed E-state index contributed by atoms with van der Waals surface area (Å²) in [4.78, 5) is 44.4. The van der Waals surface area contributed by atoms with Gasteiger partial charge in [0.05, 0.1) is 0 Å². The molecule has 11 nitrogen and oxygen atoms in total. The third-order valence-electron chi connectivity index (χ3n) is 9.76. The first-order valence-corrected chi connectivity index (χ1v) is 18.5. The van der Waals surface area contributed by atoms with Gasteiger partial charge in [-0.25, -0.2) is 19.2 Å². The minimum atomic E-state index is -1.82. The van der Waals surface area contributed by atoms with E-state index in [9.17, 15) is 0 Å². The van der Waals surface area contributed by atoms with Crippen LogP contribution in [0.25, 0.3) is 11.1 Å². The van der Waals surface area contributed by atoms with E-state index in [1.54, 1.807) is 0 Å². The van der Waals surface area contributed by atoms with E-state index in [1.807, 2.05) is 0 Å². The second-order valence-electron chi connectivity index (χ2n) is 13.5. The summed E-state index contributed by atoms with van der Waals surface area (Å²) in [5.41, 5.74) is 8.66. The highest BCUT2D eigenvalue weighted by atomic mass is 16.4. The maximum atomic E-state index is 9.10. The number of carbonyl (C=O) groups is 4. The smallest absolute Gasteiger partial charge is 0.414 e. The summed E-state index contributed by atoms with van der Waals surface area (Å²) in [7, 11) is 0. The van der Waals surface area contributed by atoms with Crippen molar-refractivity contribution in [1.82, 2.24) is 14.7 Å². The molecule has 2 aliphatic rings. The van der Waals surface area contributed by atoms with Crippen LogP contribution in [0.3, 0.4) is 0 Å². The van der Waals surface area contributed by atoms with Crippen LogP contribution in [0.1, 0.15) is 60.3 Å². The molecule has 11 heteroatoms. The fraction of sp³-hybridized carbons (Fsp3) is 0.349. The number of fused-ring (bicyclic) bond motifs is 3. The molecule has 2 aliphatic heterocycles. The predicted molar refractivity (Wildman–Crippen MR) is 207 cm³/mol. The Morgan fingerprint density at radius 1 is 0.444 bits per heavy atom. The fourth-order valence-electron chi connectivity index (χ4n) is 7.03. The van der Waals surface area contributed by atoms with Crippen LogP contribution >= 0.6 is 0 Å². The lowest BCUT2D eigenvalue weighted by atomic mass is 9.87. The van der Waals surface area contributed by atoms with Gasteiger partial charge in [-0.2, -0.15) is 0 Å². The number of carboxylic acids is 4. The molecule has 286 valence electrons. The van der Waals surface area contributed by atoms with E-state index in [0.29, 0.717) is 5.92 Å². The number of hydrogen-bond donors (Lipinski definition) is 4. The molecule has 6 rings (SSSR count). The van der Waals surface area contributed by atoms with Gasteiger partial charge in [0.2, 0.25) is 0 Å². The van der Waals surface area contributed by atoms with Crippen molar-refractivity contribution in [2.24, 2.45) is 0 Å². The number of unbranched alkanes of at least 4 members (excludes halogenated alkanes) is 2. The topological polar surface area (TPSA) is 159 Å². The molecule has 0 atom stereocenters. The van der Waals surface area contributed by atoms with E-state index in [2.05, 4.69) is 124 Å². The van der Waals surface area contributed by atoms with E-state index in [1.165, 1.54) is 111 Å². The van der Waals surface area contributed by atoms with E-state index in [4.69, 9.17) is 39.6 Å². The van der Waals surface area contributed by atoms with Crippen LogP contribution in [-0.2, 0) is 32.3 Å². The number of carboxylic acid groups (broad SMARTS) is 4. The van der Waals surface area contributed by atoms with Crippen molar-refractivity contribution in [3.05, 3.63) is 131 Å². The molecule has 0 amide bonds. The molecule has 1 saturated heterocycles. The maximum absolute atomic E-state index is 9.10. The molecule has 4 N–H and O–H groups in total. The Balaban J connectivity index is 0.000000470. The molecule has 2 heterocycles. The molecule has 0 saturated carbocycles. The van der Waals surface area contributed by atoms with Gasteiger partial charge in [-0.3, -0.25) is 4.90 Å². The van der Waals surface area contributed by atoms with Crippen LogP contribution in [-0.4, -0.2) is 105 Å². The average Bonchev–Trinajstić information content (AvgIpc) is 3.34. The van der Waals surface area contributed by atoms with E-state index >= 15 is 0 Å². The number of rotatable bonds is 12. The Labute approximate surface area is 317 Å². The van der Waals surface area contributed by atoms with Gasteiger partial charge in [-0.15, -0.1) is 0 Å². The van der Waals surface area contributed by atoms with Gasteiger partial charge in [0.25, 0.3) is 0 Å². The van der Waals surface area contributed by atoms with Crippen LogP contribution in [0.5, 0.6) is 0 Å². The summed E-state index contributed by atoms with van der Waals surface area (Å²) < 4.78 is 0. The van der Waals surface area contributed by atoms with Crippen molar-refractivity contribution < 1.29 is 39.6 Å². The van der Waals surface area contributed by atoms with Gasteiger partial charge < -0.3 is 30.2 Å². The molecule has 0 aliphatic carbocycles. The summed E-state index contributed by atoms with van der Waals surface area (Å²) in [5.74, 6) is -6.79. The Bertz CT molecular complexity index is 1640. The van der Waals surface area contributed by atoms with Crippen LogP contribution in [0.4, 0.5) is 0 Å². The van der Waals surface area contributed by atoms with Gasteiger partial charge in [0, 0.05) is 45.2 Å². The third kappa shape index (κ3) is 13.6. The van der Waals surface area contributed by atoms with Crippen molar-refractivity contribution >= 4 is 23.9 Å². The fourth-order valence-corrected chi connectivity index (χ4v) is 7.03. The van der Waals surface area contributed by atoms with Gasteiger partial charge in [0.1, 0.15) is 0 Å². The summed E-state index contributed by atoms with van der Waals surface area (Å²) in [5, 5.41) is 29.6. The monoisotopic (exact) mass is 737 g/mol. The SMILES string of the molecule is O=C(O)C(=O)O.O=C(O)C(=O)O.c1ccc(C(CCCCN2CCN(CCCCN3Cc4ccccc4-c4ccccc4C3)CC2)c2ccccc2)cc1. The van der Waals surface area contributed by atoms with Crippen LogP contribution in [0.2, 0.25) is 0 Å². The minimum absolute atomic E-state index is 0.503. The lowest BCUT2D eigenvalue weighted by Crippen LogP contribution is -2.46. The molecule has 0 radical (unpaired) electrons. The Kier molecular flexibility index (Phi) is 16.9. The highest BCUT2D eigenvalue weighted by Crippen LogP contribution is 2.33. The standard InChI is InChI=1S/C39H47N3.2C2H2O4/c1-3-15-33(16-4-1)37(34-17-5-2-6-18-34)21-11-12-24-40-27-29-41(30-28-40)25-13-14-26-42-31-35-19-7-9-22-38(35)39-23-10-8-20-36(39)32-42;2*3-1(4)2(5)6/h1-10,15-20,22-23,37H,11-14,21,24-32H2;2*(H,3,4)(H,5,6). The highest BCUT2D eigenvalue weighted by molar-refractivity contribution is 6.27. The third-order valence-corrected chi connectivity index (χ3v) is 9.76. The van der Waals surface area contributed by atoms with Gasteiger partial charge >= 0.3 is 23.9 Å². The van der Waals surface area contributed by atoms with Gasteiger partial charge in [-0.1, -0.05) is 116 Å². The van der Waals surface area contributed by atoms with Gasteiger partial charge in [-0.05, 0) is 78.7 Å². The molecule has 4 aromatic carbocycles.